The van der Waals surface area contributed by atoms with E-state index in [9.17, 15) is 0 Å². The van der Waals surface area contributed by atoms with E-state index in [0.29, 0.717) is 0 Å². The lowest BCUT2D eigenvalue weighted by molar-refractivity contribution is 0.277. The summed E-state index contributed by atoms with van der Waals surface area (Å²) in [6.45, 7) is 1.53. The van der Waals surface area contributed by atoms with Gasteiger partial charge in [0.1, 0.15) is 5.60 Å². The molecule has 1 unspecified atom stereocenters. The summed E-state index contributed by atoms with van der Waals surface area (Å²) in [5, 5.41) is 0. The molecule has 2 heterocycles. The normalized spacial score (nSPS) is 23.2. The van der Waals surface area contributed by atoms with E-state index in [1.165, 1.54) is 0 Å². The van der Waals surface area contributed by atoms with Gasteiger partial charge < -0.3 is 15.0 Å². The van der Waals surface area contributed by atoms with Crippen molar-refractivity contribution >= 4 is 5.69 Å². The molecule has 2 aromatic rings. The number of anilines is 1. The molecule has 0 saturated carbocycles. The zero-order valence-corrected chi connectivity index (χ0v) is 8.84. The third kappa shape index (κ3) is 1.57. The molecule has 82 valence electrons. The molecule has 0 aliphatic carbocycles. The summed E-state index contributed by atoms with van der Waals surface area (Å²) >= 11 is 0. The van der Waals surface area contributed by atoms with Crippen LogP contribution in [-0.4, -0.2) is 16.2 Å². The fraction of sp³-hybridized carbons (Fsp3) is 0.250. The van der Waals surface area contributed by atoms with Crippen molar-refractivity contribution in [3.63, 3.8) is 0 Å². The van der Waals surface area contributed by atoms with Crippen molar-refractivity contribution in [3.05, 3.63) is 48.5 Å². The molecule has 1 aromatic carbocycles. The second-order valence-electron chi connectivity index (χ2n) is 4.14. The van der Waals surface area contributed by atoms with Gasteiger partial charge in [0.15, 0.2) is 0 Å². The first kappa shape index (κ1) is 9.42. The minimum absolute atomic E-state index is 0.198. The van der Waals surface area contributed by atoms with E-state index in [-0.39, 0.29) is 5.60 Å². The molecule has 1 fully saturated rings. The van der Waals surface area contributed by atoms with Gasteiger partial charge in [-0.05, 0) is 17.7 Å². The minimum Gasteiger partial charge on any atom is -0.399 e. The lowest BCUT2D eigenvalue weighted by Crippen LogP contribution is -2.17. The van der Waals surface area contributed by atoms with Crippen LogP contribution in [0.4, 0.5) is 5.69 Å². The number of imidazole rings is 1. The van der Waals surface area contributed by atoms with E-state index in [1.54, 1.807) is 12.5 Å². The lowest BCUT2D eigenvalue weighted by atomic mass is 9.99. The zero-order valence-electron chi connectivity index (χ0n) is 8.84. The van der Waals surface area contributed by atoms with Gasteiger partial charge in [0.05, 0.1) is 19.5 Å². The first-order valence-electron chi connectivity index (χ1n) is 5.24. The van der Waals surface area contributed by atoms with Gasteiger partial charge in [-0.25, -0.2) is 4.98 Å². The van der Waals surface area contributed by atoms with Gasteiger partial charge in [0, 0.05) is 18.1 Å². The van der Waals surface area contributed by atoms with Crippen LogP contribution in [0.25, 0.3) is 0 Å². The van der Waals surface area contributed by atoms with Crippen LogP contribution in [0.2, 0.25) is 0 Å². The average Bonchev–Trinajstić information content (AvgIpc) is 2.87. The topological polar surface area (TPSA) is 56.4 Å². The molecule has 2 N–H and O–H groups in total. The van der Waals surface area contributed by atoms with Crippen LogP contribution in [0.5, 0.6) is 0 Å². The third-order valence-electron chi connectivity index (χ3n) is 2.90. The smallest absolute Gasteiger partial charge is 0.134 e. The molecule has 0 spiro atoms. The minimum atomic E-state index is -0.198. The molecule has 1 atom stereocenters. The Morgan fingerprint density at radius 1 is 1.50 bits per heavy atom. The van der Waals surface area contributed by atoms with Gasteiger partial charge in [-0.3, -0.25) is 0 Å². The third-order valence-corrected chi connectivity index (χ3v) is 2.90. The van der Waals surface area contributed by atoms with Crippen molar-refractivity contribution in [3.8, 4) is 0 Å². The summed E-state index contributed by atoms with van der Waals surface area (Å²) in [5.74, 6) is 0. The maximum Gasteiger partial charge on any atom is 0.134 e. The van der Waals surface area contributed by atoms with E-state index in [4.69, 9.17) is 10.5 Å². The molecular weight excluding hydrogens is 202 g/mol. The van der Waals surface area contributed by atoms with E-state index < -0.39 is 0 Å². The van der Waals surface area contributed by atoms with Crippen molar-refractivity contribution < 1.29 is 4.74 Å². The van der Waals surface area contributed by atoms with Gasteiger partial charge in [-0.15, -0.1) is 0 Å². The van der Waals surface area contributed by atoms with Crippen LogP contribution in [0.1, 0.15) is 5.56 Å². The van der Waals surface area contributed by atoms with Gasteiger partial charge in [-0.2, -0.15) is 0 Å². The summed E-state index contributed by atoms with van der Waals surface area (Å²) in [7, 11) is 0. The van der Waals surface area contributed by atoms with E-state index in [0.717, 1.165) is 24.4 Å². The average molecular weight is 215 g/mol. The number of nitrogen functional groups attached to an aromatic ring is 1. The van der Waals surface area contributed by atoms with Gasteiger partial charge in [0.2, 0.25) is 0 Å². The van der Waals surface area contributed by atoms with Crippen molar-refractivity contribution in [2.75, 3.05) is 12.3 Å². The monoisotopic (exact) mass is 215 g/mol. The summed E-state index contributed by atoms with van der Waals surface area (Å²) < 4.78 is 7.63. The molecule has 16 heavy (non-hydrogen) atoms. The Morgan fingerprint density at radius 2 is 2.38 bits per heavy atom. The predicted molar refractivity (Wildman–Crippen MR) is 60.7 cm³/mol. The fourth-order valence-corrected chi connectivity index (χ4v) is 1.93. The number of hydrogen-bond donors (Lipinski definition) is 1. The van der Waals surface area contributed by atoms with Crippen molar-refractivity contribution in [1.29, 1.82) is 0 Å². The van der Waals surface area contributed by atoms with Gasteiger partial charge in [0.25, 0.3) is 0 Å². The highest BCUT2D eigenvalue weighted by molar-refractivity contribution is 5.43. The van der Waals surface area contributed by atoms with E-state index >= 15 is 0 Å². The Labute approximate surface area is 93.7 Å². The quantitative estimate of drug-likeness (QED) is 0.621. The second-order valence-corrected chi connectivity index (χ2v) is 4.14. The van der Waals surface area contributed by atoms with Crippen LogP contribution in [0.15, 0.2) is 43.0 Å². The Balaban J connectivity index is 1.88. The van der Waals surface area contributed by atoms with Crippen molar-refractivity contribution in [2.45, 2.75) is 12.1 Å². The summed E-state index contributed by atoms with van der Waals surface area (Å²) in [6, 6.07) is 7.88. The lowest BCUT2D eigenvalue weighted by Gasteiger charge is -2.13. The van der Waals surface area contributed by atoms with Crippen LogP contribution < -0.4 is 5.73 Å². The maximum absolute atomic E-state index is 5.78. The molecule has 3 rings (SSSR count). The van der Waals surface area contributed by atoms with Crippen LogP contribution in [0, 0.1) is 0 Å². The van der Waals surface area contributed by atoms with Crippen LogP contribution in [-0.2, 0) is 16.9 Å². The number of nitrogens with zero attached hydrogens (tertiary/aromatic N) is 2. The van der Waals surface area contributed by atoms with E-state index in [1.807, 2.05) is 29.0 Å². The van der Waals surface area contributed by atoms with E-state index in [2.05, 4.69) is 11.1 Å². The molecule has 0 bridgehead atoms. The molecule has 1 saturated heterocycles. The number of ether oxygens (including phenoxy) is 1. The predicted octanol–water partition coefficient (Wildman–Crippen LogP) is 1.39. The molecule has 4 nitrogen and oxygen atoms in total. The molecule has 0 radical (unpaired) electrons. The number of hydrogen-bond acceptors (Lipinski definition) is 3. The molecule has 1 aliphatic heterocycles. The van der Waals surface area contributed by atoms with Gasteiger partial charge >= 0.3 is 0 Å². The first-order chi connectivity index (χ1) is 7.78. The molecule has 1 aromatic heterocycles. The zero-order chi connectivity index (χ0) is 11.0. The summed E-state index contributed by atoms with van der Waals surface area (Å²) in [4.78, 5) is 4.03. The number of epoxide rings is 1. The Morgan fingerprint density at radius 3 is 3.00 bits per heavy atom. The Hall–Kier alpha value is -1.81. The second kappa shape index (κ2) is 3.35. The highest BCUT2D eigenvalue weighted by atomic mass is 16.6. The van der Waals surface area contributed by atoms with Gasteiger partial charge in [-0.1, -0.05) is 12.1 Å². The molecule has 1 aliphatic rings. The maximum atomic E-state index is 5.78. The number of benzene rings is 1. The SMILES string of the molecule is Nc1cccc(C2(Cn3ccnc3)CO2)c1. The molecule has 0 amide bonds. The first-order valence-corrected chi connectivity index (χ1v) is 5.24. The summed E-state index contributed by atoms with van der Waals surface area (Å²) in [5.41, 5.74) is 7.50. The highest BCUT2D eigenvalue weighted by Gasteiger charge is 2.46. The molecular formula is C12H13N3O. The molecule has 4 heteroatoms. The standard InChI is InChI=1S/C12H13N3O/c13-11-3-1-2-10(6-11)12(8-16-12)7-15-5-4-14-9-15/h1-6,9H,7-8,13H2. The van der Waals surface area contributed by atoms with Crippen molar-refractivity contribution in [2.24, 2.45) is 0 Å². The van der Waals surface area contributed by atoms with Crippen LogP contribution >= 0.6 is 0 Å². The number of nitrogens with two attached hydrogens (primary N) is 1. The summed E-state index contributed by atoms with van der Waals surface area (Å²) in [6.07, 6.45) is 5.51. The van der Waals surface area contributed by atoms with Crippen LogP contribution in [0.3, 0.4) is 0 Å². The highest BCUT2D eigenvalue weighted by Crippen LogP contribution is 2.40. The number of rotatable bonds is 3. The Kier molecular flexibility index (Phi) is 1.97. The fourth-order valence-electron chi connectivity index (χ4n) is 1.93. The Bertz CT molecular complexity index is 489. The number of aromatic nitrogens is 2. The largest absolute Gasteiger partial charge is 0.399 e. The van der Waals surface area contributed by atoms with Crippen molar-refractivity contribution in [1.82, 2.24) is 9.55 Å².